The Kier molecular flexibility index (Phi) is 5.43. The molecule has 5 nitrogen and oxygen atoms in total. The van der Waals surface area contributed by atoms with Crippen molar-refractivity contribution in [3.63, 3.8) is 0 Å². The summed E-state index contributed by atoms with van der Waals surface area (Å²) in [6.07, 6.45) is 1.78. The van der Waals surface area contributed by atoms with Gasteiger partial charge in [0.05, 0.1) is 16.3 Å². The summed E-state index contributed by atoms with van der Waals surface area (Å²) in [5, 5.41) is 3.16. The van der Waals surface area contributed by atoms with Crippen LogP contribution in [0.3, 0.4) is 0 Å². The van der Waals surface area contributed by atoms with Gasteiger partial charge in [-0.25, -0.2) is 17.2 Å². The minimum atomic E-state index is -3.87. The number of rotatable bonds is 5. The number of anilines is 2. The van der Waals surface area contributed by atoms with Gasteiger partial charge in [-0.1, -0.05) is 0 Å². The first-order chi connectivity index (χ1) is 12.3. The molecule has 0 radical (unpaired) electrons. The van der Waals surface area contributed by atoms with Crippen LogP contribution in [0.4, 0.5) is 20.2 Å². The number of benzene rings is 2. The Bertz CT molecular complexity index is 865. The molecule has 1 aliphatic heterocycles. The fourth-order valence-electron chi connectivity index (χ4n) is 2.90. The minimum absolute atomic E-state index is 0.0620. The van der Waals surface area contributed by atoms with Crippen molar-refractivity contribution in [3.8, 4) is 0 Å². The Morgan fingerprint density at radius 3 is 2.35 bits per heavy atom. The highest BCUT2D eigenvalue weighted by molar-refractivity contribution is 7.92. The number of hydrogen-bond donors (Lipinski definition) is 2. The van der Waals surface area contributed by atoms with Crippen molar-refractivity contribution >= 4 is 21.4 Å². The van der Waals surface area contributed by atoms with Crippen LogP contribution in [0.5, 0.6) is 0 Å². The van der Waals surface area contributed by atoms with Crippen molar-refractivity contribution in [1.82, 2.24) is 4.90 Å². The van der Waals surface area contributed by atoms with Gasteiger partial charge in [-0.2, -0.15) is 0 Å². The Balaban J connectivity index is 1.75. The number of sulfonamides is 1. The summed E-state index contributed by atoms with van der Waals surface area (Å²) in [7, 11) is -1.83. The van der Waals surface area contributed by atoms with Crippen molar-refractivity contribution in [2.24, 2.45) is 0 Å². The monoisotopic (exact) mass is 381 g/mol. The molecule has 3 rings (SSSR count). The second kappa shape index (κ2) is 7.59. The summed E-state index contributed by atoms with van der Waals surface area (Å²) in [6.45, 7) is 1.85. The first-order valence-electron chi connectivity index (χ1n) is 8.36. The van der Waals surface area contributed by atoms with Crippen molar-refractivity contribution in [2.45, 2.75) is 23.8 Å². The average Bonchev–Trinajstić information content (AvgIpc) is 2.60. The second-order valence-electron chi connectivity index (χ2n) is 6.48. The molecule has 1 heterocycles. The number of piperidine rings is 1. The largest absolute Gasteiger partial charge is 0.380 e. The van der Waals surface area contributed by atoms with E-state index in [9.17, 15) is 17.2 Å². The van der Waals surface area contributed by atoms with Crippen molar-refractivity contribution < 1.29 is 17.2 Å². The molecule has 1 aliphatic rings. The van der Waals surface area contributed by atoms with Gasteiger partial charge in [-0.3, -0.25) is 4.72 Å². The molecule has 0 aliphatic carbocycles. The van der Waals surface area contributed by atoms with E-state index in [0.717, 1.165) is 38.1 Å². The molecule has 0 amide bonds. The maximum atomic E-state index is 14.1. The summed E-state index contributed by atoms with van der Waals surface area (Å²) in [4.78, 5) is 2.15. The third-order valence-electron chi connectivity index (χ3n) is 4.42. The predicted molar refractivity (Wildman–Crippen MR) is 97.8 cm³/mol. The van der Waals surface area contributed by atoms with Gasteiger partial charge in [-0.05, 0) is 75.4 Å². The number of nitrogens with one attached hydrogen (secondary N) is 2. The predicted octanol–water partition coefficient (Wildman–Crippen LogP) is 3.27. The van der Waals surface area contributed by atoms with Crippen LogP contribution < -0.4 is 10.0 Å². The van der Waals surface area contributed by atoms with Gasteiger partial charge < -0.3 is 10.2 Å². The van der Waals surface area contributed by atoms with Crippen molar-refractivity contribution in [1.29, 1.82) is 0 Å². The van der Waals surface area contributed by atoms with E-state index in [0.29, 0.717) is 0 Å². The lowest BCUT2D eigenvalue weighted by atomic mass is 10.1. The molecule has 0 aromatic heterocycles. The molecule has 0 atom stereocenters. The molecular formula is C18H21F2N3O2S. The Morgan fingerprint density at radius 1 is 1.04 bits per heavy atom. The number of halogens is 2. The maximum absolute atomic E-state index is 14.1. The lowest BCUT2D eigenvalue weighted by Gasteiger charge is -2.30. The Morgan fingerprint density at radius 2 is 1.69 bits per heavy atom. The summed E-state index contributed by atoms with van der Waals surface area (Å²) in [6, 6.07) is 8.67. The van der Waals surface area contributed by atoms with E-state index in [1.54, 1.807) is 0 Å². The molecule has 0 bridgehead atoms. The Labute approximate surface area is 152 Å². The zero-order chi connectivity index (χ0) is 18.7. The maximum Gasteiger partial charge on any atom is 0.261 e. The number of hydrogen-bond acceptors (Lipinski definition) is 4. The fraction of sp³-hybridized carbons (Fsp3) is 0.333. The van der Waals surface area contributed by atoms with Crippen LogP contribution in [0.1, 0.15) is 12.8 Å². The van der Waals surface area contributed by atoms with Gasteiger partial charge in [-0.15, -0.1) is 0 Å². The van der Waals surface area contributed by atoms with Crippen molar-refractivity contribution in [3.05, 3.63) is 54.1 Å². The number of likely N-dealkylation sites (tertiary alicyclic amines) is 1. The van der Waals surface area contributed by atoms with E-state index in [4.69, 9.17) is 0 Å². The first kappa shape index (κ1) is 18.6. The molecule has 1 saturated heterocycles. The molecule has 2 N–H and O–H groups in total. The van der Waals surface area contributed by atoms with Crippen molar-refractivity contribution in [2.75, 3.05) is 30.2 Å². The molecule has 26 heavy (non-hydrogen) atoms. The van der Waals surface area contributed by atoms with E-state index in [1.165, 1.54) is 30.3 Å². The van der Waals surface area contributed by atoms with Crippen LogP contribution in [-0.4, -0.2) is 39.5 Å². The smallest absolute Gasteiger partial charge is 0.261 e. The minimum Gasteiger partial charge on any atom is -0.380 e. The molecule has 0 unspecified atom stereocenters. The number of nitrogens with zero attached hydrogens (tertiary/aromatic N) is 1. The first-order valence-corrected chi connectivity index (χ1v) is 9.85. The zero-order valence-electron chi connectivity index (χ0n) is 14.4. The van der Waals surface area contributed by atoms with Gasteiger partial charge in [0.15, 0.2) is 0 Å². The molecule has 140 valence electrons. The molecule has 2 aromatic rings. The summed E-state index contributed by atoms with van der Waals surface area (Å²) < 4.78 is 54.3. The lowest BCUT2D eigenvalue weighted by Crippen LogP contribution is -2.36. The van der Waals surface area contributed by atoms with Crippen LogP contribution in [0.25, 0.3) is 0 Å². The third kappa shape index (κ3) is 4.50. The van der Waals surface area contributed by atoms with Crippen LogP contribution in [0.2, 0.25) is 0 Å². The standard InChI is InChI=1S/C18H21F2N3O2S/c1-23-10-8-14(9-11-23)21-18-12-15(4-7-17(18)20)22-26(24,25)16-5-2-13(19)3-6-16/h2-7,12,14,21-22H,8-11H2,1H3. The molecule has 8 heteroatoms. The van der Waals surface area contributed by atoms with E-state index in [2.05, 4.69) is 14.9 Å². The quantitative estimate of drug-likeness (QED) is 0.835. The zero-order valence-corrected chi connectivity index (χ0v) is 15.2. The fourth-order valence-corrected chi connectivity index (χ4v) is 3.95. The average molecular weight is 381 g/mol. The van der Waals surface area contributed by atoms with Gasteiger partial charge in [0.25, 0.3) is 10.0 Å². The van der Waals surface area contributed by atoms with E-state index < -0.39 is 21.7 Å². The van der Waals surface area contributed by atoms with Gasteiger partial charge in [0.2, 0.25) is 0 Å². The SMILES string of the molecule is CN1CCC(Nc2cc(NS(=O)(=O)c3ccc(F)cc3)ccc2F)CC1. The van der Waals surface area contributed by atoms with Crippen LogP contribution in [0.15, 0.2) is 47.4 Å². The van der Waals surface area contributed by atoms with Gasteiger partial charge in [0.1, 0.15) is 11.6 Å². The molecular weight excluding hydrogens is 360 g/mol. The Hall–Kier alpha value is -2.19. The lowest BCUT2D eigenvalue weighted by molar-refractivity contribution is 0.263. The third-order valence-corrected chi connectivity index (χ3v) is 5.82. The van der Waals surface area contributed by atoms with E-state index >= 15 is 0 Å². The van der Waals surface area contributed by atoms with E-state index in [-0.39, 0.29) is 22.3 Å². The topological polar surface area (TPSA) is 61.4 Å². The highest BCUT2D eigenvalue weighted by atomic mass is 32.2. The summed E-state index contributed by atoms with van der Waals surface area (Å²) >= 11 is 0. The van der Waals surface area contributed by atoms with Gasteiger partial charge >= 0.3 is 0 Å². The molecule has 2 aromatic carbocycles. The summed E-state index contributed by atoms with van der Waals surface area (Å²) in [5.74, 6) is -0.955. The highest BCUT2D eigenvalue weighted by Gasteiger charge is 2.19. The molecule has 0 saturated carbocycles. The highest BCUT2D eigenvalue weighted by Crippen LogP contribution is 2.25. The molecule has 0 spiro atoms. The van der Waals surface area contributed by atoms with E-state index in [1.807, 2.05) is 7.05 Å². The van der Waals surface area contributed by atoms with Gasteiger partial charge in [0, 0.05) is 6.04 Å². The van der Waals surface area contributed by atoms with Crippen LogP contribution in [-0.2, 0) is 10.0 Å². The van der Waals surface area contributed by atoms with Crippen LogP contribution >= 0.6 is 0 Å². The summed E-state index contributed by atoms with van der Waals surface area (Å²) in [5.41, 5.74) is 0.505. The molecule has 1 fully saturated rings. The van der Waals surface area contributed by atoms with Crippen LogP contribution in [0, 0.1) is 11.6 Å². The normalized spacial score (nSPS) is 16.4. The second-order valence-corrected chi connectivity index (χ2v) is 8.16.